The third kappa shape index (κ3) is 16.7. The van der Waals surface area contributed by atoms with Gasteiger partial charge in [0, 0.05) is 18.1 Å². The largest absolute Gasteiger partial charge is 0.511 e. The number of aryl methyl sites for hydroxylation is 1. The predicted molar refractivity (Wildman–Crippen MR) is 154 cm³/mol. The first-order valence-corrected chi connectivity index (χ1v) is 16.9. The van der Waals surface area contributed by atoms with Crippen LogP contribution in [0.2, 0.25) is 0 Å². The van der Waals surface area contributed by atoms with Crippen molar-refractivity contribution < 1.29 is 16.9 Å². The van der Waals surface area contributed by atoms with E-state index in [2.05, 4.69) is 13.8 Å². The SMILES string of the molecule is CCCCCCCCCCCCCCCc1ccc[n+](S(=O)(=O)O)c1CCCCCCCCCCC. The summed E-state index contributed by atoms with van der Waals surface area (Å²) in [7, 11) is -4.26. The van der Waals surface area contributed by atoms with Crippen LogP contribution in [0.1, 0.15) is 166 Å². The number of hydrogen-bond donors (Lipinski definition) is 1. The fourth-order valence-corrected chi connectivity index (χ4v) is 5.93. The molecule has 0 aliphatic carbocycles. The Kier molecular flexibility index (Phi) is 20.3. The van der Waals surface area contributed by atoms with Crippen LogP contribution in [0.5, 0.6) is 0 Å². The molecule has 5 heteroatoms. The third-order valence-corrected chi connectivity index (χ3v) is 8.31. The van der Waals surface area contributed by atoms with E-state index in [0.717, 1.165) is 40.9 Å². The van der Waals surface area contributed by atoms with Crippen LogP contribution < -0.4 is 3.97 Å². The van der Waals surface area contributed by atoms with E-state index in [1.54, 1.807) is 6.07 Å². The number of rotatable bonds is 25. The Bertz CT molecular complexity index is 748. The summed E-state index contributed by atoms with van der Waals surface area (Å²) >= 11 is 0. The van der Waals surface area contributed by atoms with Crippen molar-refractivity contribution in [1.29, 1.82) is 0 Å². The van der Waals surface area contributed by atoms with Gasteiger partial charge in [-0.3, -0.25) is 0 Å². The van der Waals surface area contributed by atoms with Gasteiger partial charge in [0.1, 0.15) is 0 Å². The molecule has 0 spiro atoms. The summed E-state index contributed by atoms with van der Waals surface area (Å²) in [4.78, 5) is 0. The molecule has 36 heavy (non-hydrogen) atoms. The van der Waals surface area contributed by atoms with Crippen molar-refractivity contribution in [1.82, 2.24) is 0 Å². The second-order valence-electron chi connectivity index (χ2n) is 10.8. The molecule has 0 radical (unpaired) electrons. The predicted octanol–water partition coefficient (Wildman–Crippen LogP) is 9.33. The lowest BCUT2D eigenvalue weighted by Gasteiger charge is -2.08. The lowest BCUT2D eigenvalue weighted by atomic mass is 10.00. The van der Waals surface area contributed by atoms with E-state index in [0.29, 0.717) is 6.42 Å². The van der Waals surface area contributed by atoms with E-state index in [9.17, 15) is 13.0 Å². The van der Waals surface area contributed by atoms with Gasteiger partial charge in [0.05, 0.1) is 0 Å². The van der Waals surface area contributed by atoms with Crippen molar-refractivity contribution >= 4 is 10.3 Å². The Balaban J connectivity index is 2.30. The Morgan fingerprint density at radius 2 is 0.944 bits per heavy atom. The standard InChI is InChI=1S/C31H57NO3S/c1-3-5-7-9-11-13-14-15-16-18-19-21-23-26-30-27-25-29-32(36(33,34)35)31(30)28-24-22-20-17-12-10-8-6-4-2/h25,27,29H,3-24,26,28H2,1-2H3/p+1. The first kappa shape index (κ1) is 33.1. The zero-order valence-electron chi connectivity index (χ0n) is 23.8. The lowest BCUT2D eigenvalue weighted by Crippen LogP contribution is -2.46. The van der Waals surface area contributed by atoms with Gasteiger partial charge in [-0.15, -0.1) is 8.42 Å². The second-order valence-corrected chi connectivity index (χ2v) is 12.1. The van der Waals surface area contributed by atoms with Gasteiger partial charge in [-0.2, -0.15) is 0 Å². The maximum absolute atomic E-state index is 12.0. The number of pyridine rings is 1. The quantitative estimate of drug-likeness (QED) is 0.0787. The molecular weight excluding hydrogens is 466 g/mol. The lowest BCUT2D eigenvalue weighted by molar-refractivity contribution is -0.529. The first-order chi connectivity index (χ1) is 17.5. The van der Waals surface area contributed by atoms with Crippen LogP contribution in [0.15, 0.2) is 18.3 Å². The van der Waals surface area contributed by atoms with Crippen LogP contribution in [0, 0.1) is 0 Å². The van der Waals surface area contributed by atoms with E-state index in [1.807, 2.05) is 6.07 Å². The van der Waals surface area contributed by atoms with Crippen molar-refractivity contribution in [2.24, 2.45) is 0 Å². The molecule has 0 atom stereocenters. The number of aromatic nitrogens is 1. The smallest absolute Gasteiger partial charge is 0.233 e. The highest BCUT2D eigenvalue weighted by Gasteiger charge is 2.25. The van der Waals surface area contributed by atoms with Crippen molar-refractivity contribution in [2.75, 3.05) is 0 Å². The molecule has 0 unspecified atom stereocenters. The van der Waals surface area contributed by atoms with Gasteiger partial charge >= 0.3 is 10.3 Å². The van der Waals surface area contributed by atoms with Crippen molar-refractivity contribution in [3.8, 4) is 0 Å². The van der Waals surface area contributed by atoms with E-state index in [4.69, 9.17) is 0 Å². The molecular formula is C31H58NO3S+. The van der Waals surface area contributed by atoms with E-state index < -0.39 is 10.3 Å². The molecule has 0 amide bonds. The summed E-state index contributed by atoms with van der Waals surface area (Å²) in [5.74, 6) is 0. The van der Waals surface area contributed by atoms with Gasteiger partial charge in [-0.25, -0.2) is 4.55 Å². The first-order valence-electron chi connectivity index (χ1n) is 15.5. The molecule has 1 N–H and O–H groups in total. The Morgan fingerprint density at radius 3 is 1.33 bits per heavy atom. The maximum Gasteiger partial charge on any atom is 0.511 e. The fourth-order valence-electron chi connectivity index (χ4n) is 5.22. The molecule has 1 heterocycles. The number of unbranched alkanes of at least 4 members (excludes halogenated alkanes) is 20. The molecule has 210 valence electrons. The summed E-state index contributed by atoms with van der Waals surface area (Å²) in [5, 5.41) is 0. The average Bonchev–Trinajstić information content (AvgIpc) is 2.85. The third-order valence-electron chi connectivity index (χ3n) is 7.47. The summed E-state index contributed by atoms with van der Waals surface area (Å²) < 4.78 is 34.8. The molecule has 0 fully saturated rings. The maximum atomic E-state index is 12.0. The zero-order chi connectivity index (χ0) is 26.3. The van der Waals surface area contributed by atoms with Gasteiger partial charge in [-0.1, -0.05) is 146 Å². The average molecular weight is 525 g/mol. The van der Waals surface area contributed by atoms with E-state index in [-0.39, 0.29) is 0 Å². The molecule has 0 aliphatic rings. The fraction of sp³-hybridized carbons (Fsp3) is 0.839. The normalized spacial score (nSPS) is 11.9. The Hall–Kier alpha value is -0.940. The van der Waals surface area contributed by atoms with Gasteiger partial charge < -0.3 is 0 Å². The molecule has 0 aliphatic heterocycles. The highest BCUT2D eigenvalue weighted by atomic mass is 32.2. The van der Waals surface area contributed by atoms with Crippen molar-refractivity contribution in [3.05, 3.63) is 29.6 Å². The van der Waals surface area contributed by atoms with Crippen LogP contribution in [-0.2, 0) is 23.1 Å². The summed E-state index contributed by atoms with van der Waals surface area (Å²) in [6, 6.07) is 3.80. The summed E-state index contributed by atoms with van der Waals surface area (Å²) in [6.45, 7) is 4.52. The topological polar surface area (TPSA) is 58.2 Å². The highest BCUT2D eigenvalue weighted by molar-refractivity contribution is 7.79. The van der Waals surface area contributed by atoms with E-state index >= 15 is 0 Å². The van der Waals surface area contributed by atoms with Crippen LogP contribution in [0.3, 0.4) is 0 Å². The van der Waals surface area contributed by atoms with Gasteiger partial charge in [0.2, 0.25) is 5.69 Å². The highest BCUT2D eigenvalue weighted by Crippen LogP contribution is 2.17. The Morgan fingerprint density at radius 1 is 0.583 bits per heavy atom. The van der Waals surface area contributed by atoms with E-state index in [1.165, 1.54) is 128 Å². The van der Waals surface area contributed by atoms with Gasteiger partial charge in [0.25, 0.3) is 0 Å². The minimum Gasteiger partial charge on any atom is -0.233 e. The van der Waals surface area contributed by atoms with Crippen LogP contribution in [0.25, 0.3) is 0 Å². The van der Waals surface area contributed by atoms with Crippen molar-refractivity contribution in [3.63, 3.8) is 0 Å². The minimum absolute atomic E-state index is 0.713. The summed E-state index contributed by atoms with van der Waals surface area (Å²) in [5.41, 5.74) is 1.86. The van der Waals surface area contributed by atoms with Crippen LogP contribution >= 0.6 is 0 Å². The Labute approximate surface area is 224 Å². The second kappa shape index (κ2) is 22.1. The number of nitrogens with zero attached hydrogens (tertiary/aromatic N) is 1. The minimum atomic E-state index is -4.26. The number of hydrogen-bond acceptors (Lipinski definition) is 2. The summed E-state index contributed by atoms with van der Waals surface area (Å²) in [6.07, 6.45) is 31.5. The molecule has 0 bridgehead atoms. The van der Waals surface area contributed by atoms with Crippen LogP contribution in [-0.4, -0.2) is 13.0 Å². The van der Waals surface area contributed by atoms with Crippen LogP contribution in [0.4, 0.5) is 0 Å². The molecule has 1 aromatic heterocycles. The van der Waals surface area contributed by atoms with Gasteiger partial charge in [-0.05, 0) is 25.3 Å². The molecule has 1 rings (SSSR count). The monoisotopic (exact) mass is 524 g/mol. The van der Waals surface area contributed by atoms with Crippen molar-refractivity contribution in [2.45, 2.75) is 168 Å². The molecule has 0 aromatic carbocycles. The molecule has 1 aromatic rings. The molecule has 0 saturated heterocycles. The van der Waals surface area contributed by atoms with Gasteiger partial charge in [0.15, 0.2) is 6.20 Å². The zero-order valence-corrected chi connectivity index (χ0v) is 24.6. The molecule has 4 nitrogen and oxygen atoms in total. The molecule has 0 saturated carbocycles.